The third-order valence-corrected chi connectivity index (χ3v) is 10.4. The molecule has 0 aromatic heterocycles. The maximum Gasteiger partial charge on any atom is 0.306 e. The Morgan fingerprint density at radius 2 is 1.15 bits per heavy atom. The second kappa shape index (κ2) is 36.0. The molecule has 0 aliphatic carbocycles. The van der Waals surface area contributed by atoms with Gasteiger partial charge < -0.3 is 27.9 Å². The third kappa shape index (κ3) is 37.6. The van der Waals surface area contributed by atoms with E-state index in [2.05, 4.69) is 18.7 Å². The minimum atomic E-state index is -4.65. The topological polar surface area (TPSA) is 141 Å². The van der Waals surface area contributed by atoms with Crippen LogP contribution in [0.15, 0.2) is 12.2 Å². The fraction of sp³-hybridized carbons (Fsp3) is 0.905. The minimum absolute atomic E-state index is 0.0480. The van der Waals surface area contributed by atoms with Crippen molar-refractivity contribution in [3.05, 3.63) is 12.2 Å². The molecule has 54 heavy (non-hydrogen) atoms. The van der Waals surface area contributed by atoms with Crippen molar-refractivity contribution < 1.29 is 52.2 Å². The third-order valence-electron chi connectivity index (χ3n) is 9.47. The number of hydrogen-bond donors (Lipinski definition) is 1. The Bertz CT molecular complexity index is 958. The summed E-state index contributed by atoms with van der Waals surface area (Å²) in [5.41, 5.74) is 0. The van der Waals surface area contributed by atoms with Gasteiger partial charge in [-0.25, -0.2) is 4.89 Å². The zero-order valence-electron chi connectivity index (χ0n) is 35.2. The fourth-order valence-electron chi connectivity index (χ4n) is 5.99. The van der Waals surface area contributed by atoms with Crippen LogP contribution in [-0.2, 0) is 37.6 Å². The van der Waals surface area contributed by atoms with Crippen LogP contribution in [0.1, 0.15) is 187 Å². The first-order chi connectivity index (χ1) is 25.9. The van der Waals surface area contributed by atoms with Gasteiger partial charge in [-0.3, -0.25) is 19.4 Å². The van der Waals surface area contributed by atoms with Gasteiger partial charge in [0.1, 0.15) is 25.9 Å². The Kier molecular flexibility index (Phi) is 35.2. The van der Waals surface area contributed by atoms with Gasteiger partial charge in [0.05, 0.1) is 27.7 Å². The zero-order valence-corrected chi connectivity index (χ0v) is 36.1. The summed E-state index contributed by atoms with van der Waals surface area (Å²) in [4.78, 5) is 42.1. The van der Waals surface area contributed by atoms with Crippen molar-refractivity contribution in [1.82, 2.24) is 0 Å². The van der Waals surface area contributed by atoms with Gasteiger partial charge >= 0.3 is 11.9 Å². The van der Waals surface area contributed by atoms with Crippen LogP contribution in [-0.4, -0.2) is 81.4 Å². The molecular weight excluding hydrogens is 709 g/mol. The maximum atomic E-state index is 12.7. The van der Waals surface area contributed by atoms with Crippen LogP contribution in [0.5, 0.6) is 0 Å². The van der Waals surface area contributed by atoms with Gasteiger partial charge in [-0.05, 0) is 32.1 Å². The summed E-state index contributed by atoms with van der Waals surface area (Å²) < 4.78 is 33.8. The SMILES string of the molecule is CCCCCCCCCCCCCCCC(=O)OC[C@H](COP(=O)([O-])OCC[N+](C)(C)C)OC(=O)CCCCCC/C=C/C(CCCCCCCC)OO. The monoisotopic (exact) mass is 792 g/mol. The molecule has 0 spiro atoms. The van der Waals surface area contributed by atoms with Gasteiger partial charge in [-0.2, -0.15) is 0 Å². The number of allylic oxidation sites excluding steroid dienone is 1. The average Bonchev–Trinajstić information content (AvgIpc) is 3.12. The van der Waals surface area contributed by atoms with Crippen LogP contribution in [0.4, 0.5) is 0 Å². The Labute approximate surface area is 330 Å². The number of unbranched alkanes of at least 4 members (excludes halogenated alkanes) is 21. The Morgan fingerprint density at radius 1 is 0.667 bits per heavy atom. The second-order valence-electron chi connectivity index (χ2n) is 16.0. The lowest BCUT2D eigenvalue weighted by Gasteiger charge is -2.28. The number of carbonyl (C=O) groups excluding carboxylic acids is 2. The highest BCUT2D eigenvalue weighted by atomic mass is 31.2. The van der Waals surface area contributed by atoms with Crippen LogP contribution < -0.4 is 4.89 Å². The number of carbonyl (C=O) groups is 2. The van der Waals surface area contributed by atoms with Crippen molar-refractivity contribution in [3.63, 3.8) is 0 Å². The average molecular weight is 792 g/mol. The zero-order chi connectivity index (χ0) is 40.2. The number of esters is 2. The maximum absolute atomic E-state index is 12.7. The molecule has 0 bridgehead atoms. The smallest absolute Gasteiger partial charge is 0.306 e. The van der Waals surface area contributed by atoms with Gasteiger partial charge in [-0.15, -0.1) is 0 Å². The molecule has 12 heteroatoms. The predicted octanol–water partition coefficient (Wildman–Crippen LogP) is 10.6. The van der Waals surface area contributed by atoms with Gasteiger partial charge in [0.2, 0.25) is 0 Å². The number of phosphoric acid groups is 1. The van der Waals surface area contributed by atoms with Gasteiger partial charge in [0.25, 0.3) is 7.82 Å². The summed E-state index contributed by atoms with van der Waals surface area (Å²) in [6.45, 7) is 4.08. The van der Waals surface area contributed by atoms with E-state index < -0.39 is 32.5 Å². The van der Waals surface area contributed by atoms with Crippen molar-refractivity contribution in [2.75, 3.05) is 47.5 Å². The lowest BCUT2D eigenvalue weighted by Crippen LogP contribution is -2.37. The van der Waals surface area contributed by atoms with Crippen LogP contribution in [0.2, 0.25) is 0 Å². The van der Waals surface area contributed by atoms with Crippen LogP contribution in [0.3, 0.4) is 0 Å². The molecule has 0 aromatic rings. The van der Waals surface area contributed by atoms with E-state index in [-0.39, 0.29) is 32.2 Å². The molecule has 0 aliphatic heterocycles. The number of quaternary nitrogens is 1. The molecule has 2 unspecified atom stereocenters. The van der Waals surface area contributed by atoms with E-state index >= 15 is 0 Å². The molecule has 0 aromatic carbocycles. The van der Waals surface area contributed by atoms with Crippen molar-refractivity contribution in [2.45, 2.75) is 199 Å². The lowest BCUT2D eigenvalue weighted by atomic mass is 10.0. The van der Waals surface area contributed by atoms with E-state index in [9.17, 15) is 24.3 Å². The molecule has 0 saturated carbocycles. The van der Waals surface area contributed by atoms with Crippen molar-refractivity contribution in [3.8, 4) is 0 Å². The van der Waals surface area contributed by atoms with E-state index in [0.29, 0.717) is 17.4 Å². The molecule has 0 heterocycles. The van der Waals surface area contributed by atoms with Gasteiger partial charge in [0.15, 0.2) is 6.10 Å². The number of hydrogen-bond acceptors (Lipinski definition) is 10. The Balaban J connectivity index is 4.50. The normalized spacial score (nSPS) is 14.3. The summed E-state index contributed by atoms with van der Waals surface area (Å²) in [5.74, 6) is -0.905. The van der Waals surface area contributed by atoms with Crippen molar-refractivity contribution in [2.24, 2.45) is 0 Å². The summed E-state index contributed by atoms with van der Waals surface area (Å²) >= 11 is 0. The predicted molar refractivity (Wildman–Crippen MR) is 216 cm³/mol. The highest BCUT2D eigenvalue weighted by Gasteiger charge is 2.21. The van der Waals surface area contributed by atoms with E-state index in [1.165, 1.54) is 89.9 Å². The molecule has 0 rings (SSSR count). The number of ether oxygens (including phenoxy) is 2. The van der Waals surface area contributed by atoms with Crippen molar-refractivity contribution >= 4 is 19.8 Å². The first-order valence-corrected chi connectivity index (χ1v) is 23.1. The summed E-state index contributed by atoms with van der Waals surface area (Å²) in [7, 11) is 1.10. The van der Waals surface area contributed by atoms with Gasteiger partial charge in [0, 0.05) is 12.8 Å². The van der Waals surface area contributed by atoms with Crippen LogP contribution >= 0.6 is 7.82 Å². The van der Waals surface area contributed by atoms with Crippen LogP contribution in [0, 0.1) is 0 Å². The molecule has 1 N–H and O–H groups in total. The number of rotatable bonds is 40. The van der Waals surface area contributed by atoms with Crippen LogP contribution in [0.25, 0.3) is 0 Å². The van der Waals surface area contributed by atoms with Gasteiger partial charge in [-0.1, -0.05) is 154 Å². The highest BCUT2D eigenvalue weighted by molar-refractivity contribution is 7.45. The summed E-state index contributed by atoms with van der Waals surface area (Å²) in [6.07, 6.45) is 30.9. The van der Waals surface area contributed by atoms with E-state index in [0.717, 1.165) is 64.2 Å². The van der Waals surface area contributed by atoms with Crippen molar-refractivity contribution in [1.29, 1.82) is 0 Å². The van der Waals surface area contributed by atoms with E-state index in [4.69, 9.17) is 18.5 Å². The molecule has 0 amide bonds. The molecular formula is C42H82NO10P. The molecule has 320 valence electrons. The number of phosphoric ester groups is 1. The highest BCUT2D eigenvalue weighted by Crippen LogP contribution is 2.38. The number of likely N-dealkylation sites (N-methyl/N-ethyl adjacent to an activating group) is 1. The molecule has 0 fully saturated rings. The van der Waals surface area contributed by atoms with E-state index in [1.54, 1.807) is 0 Å². The first-order valence-electron chi connectivity index (χ1n) is 21.6. The first kappa shape index (κ1) is 52.7. The molecule has 3 atom stereocenters. The molecule has 0 aliphatic rings. The largest absolute Gasteiger partial charge is 0.756 e. The summed E-state index contributed by atoms with van der Waals surface area (Å²) in [6, 6.07) is 0. The minimum Gasteiger partial charge on any atom is -0.756 e. The quantitative estimate of drug-likeness (QED) is 0.0121. The Morgan fingerprint density at radius 3 is 1.67 bits per heavy atom. The Hall–Kier alpha value is -1.33. The van der Waals surface area contributed by atoms with E-state index in [1.807, 2.05) is 33.3 Å². The molecule has 0 saturated heterocycles. The fourth-order valence-corrected chi connectivity index (χ4v) is 6.72. The lowest BCUT2D eigenvalue weighted by molar-refractivity contribution is -0.870. The summed E-state index contributed by atoms with van der Waals surface area (Å²) in [5, 5.41) is 9.19. The molecule has 0 radical (unpaired) electrons. The molecule has 11 nitrogen and oxygen atoms in total. The second-order valence-corrected chi connectivity index (χ2v) is 17.4. The number of nitrogens with zero attached hydrogens (tertiary/aromatic N) is 1. The standard InChI is InChI=1S/C42H82NO10P/c1-6-8-10-12-14-15-16-17-18-19-20-25-29-33-41(44)49-37-40(38-51-54(47,48)50-36-35-43(3,4)5)52-42(45)34-30-26-22-21-24-28-32-39(53-46)31-27-23-13-11-9-7-2/h28,32,39-40H,6-27,29-31,33-38H2,1-5H3,(H-,46,47,48)/b32-28+/t39?,40-/m1/s1.